The first-order valence-electron chi connectivity index (χ1n) is 9.79. The maximum Gasteiger partial charge on any atom is 0.344 e. The number of hydrogen-bond acceptors (Lipinski definition) is 5. The van der Waals surface area contributed by atoms with E-state index in [1.165, 1.54) is 12.1 Å². The van der Waals surface area contributed by atoms with Crippen molar-refractivity contribution in [3.63, 3.8) is 0 Å². The molecule has 2 aliphatic heterocycles. The molecule has 2 amide bonds. The van der Waals surface area contributed by atoms with E-state index in [0.29, 0.717) is 45.0 Å². The van der Waals surface area contributed by atoms with Gasteiger partial charge in [-0.2, -0.15) is 0 Å². The molecule has 1 aromatic carbocycles. The van der Waals surface area contributed by atoms with Crippen LogP contribution >= 0.6 is 24.2 Å². The predicted molar refractivity (Wildman–Crippen MR) is 115 cm³/mol. The molecule has 2 aliphatic rings. The Labute approximate surface area is 185 Å². The molecule has 3 heterocycles. The van der Waals surface area contributed by atoms with Crippen LogP contribution in [0.4, 0.5) is 9.18 Å². The molecule has 4 rings (SSSR count). The van der Waals surface area contributed by atoms with Gasteiger partial charge in [0.2, 0.25) is 5.91 Å². The number of benzene rings is 1. The van der Waals surface area contributed by atoms with Crippen LogP contribution in [-0.2, 0) is 11.3 Å². The molecule has 0 spiro atoms. The number of rotatable bonds is 6. The molecule has 0 aliphatic carbocycles. The molecule has 7 nitrogen and oxygen atoms in total. The third-order valence-electron chi connectivity index (χ3n) is 5.30. The fourth-order valence-electron chi connectivity index (χ4n) is 3.71. The molecular formula is C20H25ClFN5O2S. The zero-order chi connectivity index (χ0) is 20.4. The molecule has 30 heavy (non-hydrogen) atoms. The number of amides is 2. The Morgan fingerprint density at radius 2 is 1.87 bits per heavy atom. The molecule has 162 valence electrons. The van der Waals surface area contributed by atoms with Crippen molar-refractivity contribution in [3.05, 3.63) is 47.8 Å². The number of hydrogen-bond donors (Lipinski definition) is 0. The van der Waals surface area contributed by atoms with Crippen molar-refractivity contribution in [3.8, 4) is 0 Å². The third kappa shape index (κ3) is 4.79. The summed E-state index contributed by atoms with van der Waals surface area (Å²) >= 11 is 1.63. The van der Waals surface area contributed by atoms with Crippen molar-refractivity contribution >= 4 is 36.1 Å². The Bertz CT molecular complexity index is 899. The zero-order valence-corrected chi connectivity index (χ0v) is 18.4. The lowest BCUT2D eigenvalue weighted by Gasteiger charge is -2.38. The molecule has 1 fully saturated rings. The first-order chi connectivity index (χ1) is 14.0. The van der Waals surface area contributed by atoms with Crippen molar-refractivity contribution in [1.29, 1.82) is 0 Å². The second-order valence-corrected chi connectivity index (χ2v) is 8.38. The monoisotopic (exact) mass is 453 g/mol. The molecule has 2 aromatic rings. The first-order valence-corrected chi connectivity index (χ1v) is 10.8. The summed E-state index contributed by atoms with van der Waals surface area (Å²) in [6.45, 7) is 4.92. The van der Waals surface area contributed by atoms with Crippen molar-refractivity contribution in [2.24, 2.45) is 0 Å². The topological polar surface area (TPSA) is 61.7 Å². The quantitative estimate of drug-likeness (QED) is 0.496. The number of imidazole rings is 1. The lowest BCUT2D eigenvalue weighted by Crippen LogP contribution is -2.55. The van der Waals surface area contributed by atoms with Gasteiger partial charge >= 0.3 is 6.03 Å². The van der Waals surface area contributed by atoms with E-state index in [1.807, 2.05) is 16.8 Å². The Morgan fingerprint density at radius 1 is 1.17 bits per heavy atom. The second kappa shape index (κ2) is 9.80. The number of piperazine rings is 1. The lowest BCUT2D eigenvalue weighted by atomic mass is 10.2. The minimum Gasteiger partial charge on any atom is -0.340 e. The summed E-state index contributed by atoms with van der Waals surface area (Å²) in [6, 6.07) is 6.36. The third-order valence-corrected chi connectivity index (χ3v) is 6.40. The van der Waals surface area contributed by atoms with Gasteiger partial charge in [0.15, 0.2) is 0 Å². The zero-order valence-electron chi connectivity index (χ0n) is 16.8. The number of nitrogens with zero attached hydrogens (tertiary/aromatic N) is 5. The molecule has 10 heteroatoms. The van der Waals surface area contributed by atoms with E-state index in [-0.39, 0.29) is 30.2 Å². The van der Waals surface area contributed by atoms with Gasteiger partial charge in [0, 0.05) is 37.5 Å². The van der Waals surface area contributed by atoms with E-state index in [2.05, 4.69) is 4.98 Å². The van der Waals surface area contributed by atoms with Gasteiger partial charge < -0.3 is 4.90 Å². The maximum atomic E-state index is 12.9. The van der Waals surface area contributed by atoms with Crippen LogP contribution in [-0.4, -0.2) is 68.3 Å². The summed E-state index contributed by atoms with van der Waals surface area (Å²) < 4.78 is 14.6. The fraction of sp³-hybridized carbons (Fsp3) is 0.450. The van der Waals surface area contributed by atoms with Crippen LogP contribution < -0.4 is 0 Å². The molecule has 1 saturated heterocycles. The average molecular weight is 454 g/mol. The van der Waals surface area contributed by atoms with Gasteiger partial charge in [0.25, 0.3) is 0 Å². The van der Waals surface area contributed by atoms with Gasteiger partial charge in [-0.15, -0.1) is 24.2 Å². The molecule has 0 radical (unpaired) electrons. The van der Waals surface area contributed by atoms with Crippen molar-refractivity contribution in [2.45, 2.75) is 31.2 Å². The highest BCUT2D eigenvalue weighted by Crippen LogP contribution is 2.22. The summed E-state index contributed by atoms with van der Waals surface area (Å²) in [5.74, 6) is 1.45. The summed E-state index contributed by atoms with van der Waals surface area (Å²) in [5, 5.41) is 3.79. The molecular weight excluding hydrogens is 429 g/mol. The number of thioether (sulfide) groups is 1. The van der Waals surface area contributed by atoms with Crippen LogP contribution in [0.25, 0.3) is 0 Å². The van der Waals surface area contributed by atoms with Crippen molar-refractivity contribution < 1.29 is 14.0 Å². The van der Waals surface area contributed by atoms with E-state index >= 15 is 0 Å². The lowest BCUT2D eigenvalue weighted by molar-refractivity contribution is -0.135. The molecule has 0 N–H and O–H groups in total. The highest BCUT2D eigenvalue weighted by Gasteiger charge is 2.35. The fourth-order valence-corrected chi connectivity index (χ4v) is 4.56. The standard InChI is InChI=1S/C20H24FN5O2S.ClH/c1-15-22-13-17-14-25(20(28)26(15)17)24-10-8-23(9-11-24)19(27)3-2-12-29-18-6-4-16(21)5-7-18;/h4-7,13H,2-3,8-12,14H2,1H3;1H. The summed E-state index contributed by atoms with van der Waals surface area (Å²) in [6.07, 6.45) is 3.04. The average Bonchev–Trinajstić information content (AvgIpc) is 3.26. The minimum atomic E-state index is -0.236. The highest BCUT2D eigenvalue weighted by atomic mass is 35.5. The summed E-state index contributed by atoms with van der Waals surface area (Å²) in [4.78, 5) is 32.2. The minimum absolute atomic E-state index is 0. The molecule has 0 unspecified atom stereocenters. The Kier molecular flexibility index (Phi) is 7.38. The maximum absolute atomic E-state index is 12.9. The largest absolute Gasteiger partial charge is 0.344 e. The molecule has 1 aromatic heterocycles. The Morgan fingerprint density at radius 3 is 2.53 bits per heavy atom. The van der Waals surface area contributed by atoms with E-state index < -0.39 is 0 Å². The number of hydrazine groups is 1. The van der Waals surface area contributed by atoms with Gasteiger partial charge in [-0.05, 0) is 43.4 Å². The van der Waals surface area contributed by atoms with E-state index in [9.17, 15) is 14.0 Å². The van der Waals surface area contributed by atoms with E-state index in [4.69, 9.17) is 0 Å². The molecule has 0 atom stereocenters. The van der Waals surface area contributed by atoms with Crippen molar-refractivity contribution in [2.75, 3.05) is 31.9 Å². The highest BCUT2D eigenvalue weighted by molar-refractivity contribution is 7.99. The SMILES string of the molecule is Cc1ncc2n1C(=O)N(N1CCN(C(=O)CCCSc3ccc(F)cc3)CC1)C2.Cl. The van der Waals surface area contributed by atoms with Gasteiger partial charge in [0.05, 0.1) is 18.4 Å². The van der Waals surface area contributed by atoms with Gasteiger partial charge in [-0.1, -0.05) is 0 Å². The smallest absolute Gasteiger partial charge is 0.340 e. The van der Waals surface area contributed by atoms with Crippen LogP contribution in [0.3, 0.4) is 0 Å². The second-order valence-electron chi connectivity index (χ2n) is 7.21. The van der Waals surface area contributed by atoms with Gasteiger partial charge in [-0.3, -0.25) is 9.80 Å². The number of fused-ring (bicyclic) bond motifs is 1. The Hall–Kier alpha value is -2.10. The molecule has 0 saturated carbocycles. The number of halogens is 2. The van der Waals surface area contributed by atoms with Gasteiger partial charge in [-0.25, -0.2) is 23.7 Å². The predicted octanol–water partition coefficient (Wildman–Crippen LogP) is 3.17. The number of aromatic nitrogens is 2. The number of carbonyl (C=O) groups excluding carboxylic acids is 2. The van der Waals surface area contributed by atoms with Crippen LogP contribution in [0.15, 0.2) is 35.4 Å². The van der Waals surface area contributed by atoms with Crippen LogP contribution in [0.2, 0.25) is 0 Å². The number of carbonyl (C=O) groups is 2. The normalized spacial score (nSPS) is 16.5. The Balaban J connectivity index is 0.00000256. The van der Waals surface area contributed by atoms with Crippen LogP contribution in [0.5, 0.6) is 0 Å². The number of aryl methyl sites for hydroxylation is 1. The first kappa shape index (κ1) is 22.6. The summed E-state index contributed by atoms with van der Waals surface area (Å²) in [7, 11) is 0. The van der Waals surface area contributed by atoms with Gasteiger partial charge in [0.1, 0.15) is 11.6 Å². The van der Waals surface area contributed by atoms with Crippen molar-refractivity contribution in [1.82, 2.24) is 24.5 Å². The van der Waals surface area contributed by atoms with E-state index in [1.54, 1.807) is 39.7 Å². The van der Waals surface area contributed by atoms with Crippen LogP contribution in [0, 0.1) is 12.7 Å². The van der Waals surface area contributed by atoms with Crippen LogP contribution in [0.1, 0.15) is 24.4 Å². The van der Waals surface area contributed by atoms with E-state index in [0.717, 1.165) is 22.8 Å². The molecule has 0 bridgehead atoms. The summed E-state index contributed by atoms with van der Waals surface area (Å²) in [5.41, 5.74) is 0.907.